The molecule has 1 aromatic heterocycles. The van der Waals surface area contributed by atoms with Gasteiger partial charge in [-0.15, -0.1) is 0 Å². The van der Waals surface area contributed by atoms with E-state index < -0.39 is 0 Å². The van der Waals surface area contributed by atoms with E-state index in [0.29, 0.717) is 0 Å². The molecule has 0 aliphatic rings. The Labute approximate surface area is 138 Å². The quantitative estimate of drug-likeness (QED) is 0.413. The van der Waals surface area contributed by atoms with Crippen LogP contribution < -0.4 is 0 Å². The van der Waals surface area contributed by atoms with E-state index in [1.54, 1.807) is 0 Å². The maximum atomic E-state index is 4.66. The van der Waals surface area contributed by atoms with Crippen LogP contribution in [-0.4, -0.2) is 9.97 Å². The van der Waals surface area contributed by atoms with Gasteiger partial charge < -0.3 is 0 Å². The van der Waals surface area contributed by atoms with E-state index in [0.717, 1.165) is 18.7 Å². The molecule has 0 saturated heterocycles. The van der Waals surface area contributed by atoms with Gasteiger partial charge >= 0.3 is 0 Å². The summed E-state index contributed by atoms with van der Waals surface area (Å²) in [7, 11) is 0. The molecule has 125 valence electrons. The summed E-state index contributed by atoms with van der Waals surface area (Å²) in [6.45, 7) is 6.56. The fraction of sp³-hybridized carbons (Fsp3) is 0.750. The first-order valence-electron chi connectivity index (χ1n) is 9.46. The molecule has 1 aromatic rings. The van der Waals surface area contributed by atoms with Crippen LogP contribution in [0.1, 0.15) is 102 Å². The number of nitrogens with zero attached hydrogens (tertiary/aromatic N) is 2. The molecule has 0 aromatic carbocycles. The standard InChI is InChI=1S/C20H35N2/c1-4-7-9-11-13-15-18-17-19(22-20(6-3)21-18)16-14-12-10-8-5-2/h6,17H,4-5,7-16H2,1-3H3. The Morgan fingerprint density at radius 2 is 1.18 bits per heavy atom. The molecule has 0 spiro atoms. The van der Waals surface area contributed by atoms with Gasteiger partial charge in [0, 0.05) is 17.8 Å². The molecular weight excluding hydrogens is 268 g/mol. The van der Waals surface area contributed by atoms with Crippen molar-refractivity contribution in [2.45, 2.75) is 97.8 Å². The fourth-order valence-corrected chi connectivity index (χ4v) is 2.78. The molecule has 0 unspecified atom stereocenters. The van der Waals surface area contributed by atoms with Crippen LogP contribution >= 0.6 is 0 Å². The van der Waals surface area contributed by atoms with E-state index in [9.17, 15) is 0 Å². The highest BCUT2D eigenvalue weighted by atomic mass is 14.9. The number of hydrogen-bond donors (Lipinski definition) is 0. The molecular formula is C20H35N2. The Bertz CT molecular complexity index is 355. The maximum absolute atomic E-state index is 4.66. The molecule has 0 saturated carbocycles. The van der Waals surface area contributed by atoms with E-state index in [2.05, 4.69) is 29.9 Å². The number of aromatic nitrogens is 2. The highest BCUT2D eigenvalue weighted by Crippen LogP contribution is 2.12. The van der Waals surface area contributed by atoms with E-state index in [1.807, 2.05) is 13.3 Å². The summed E-state index contributed by atoms with van der Waals surface area (Å²) in [4.78, 5) is 9.32. The predicted molar refractivity (Wildman–Crippen MR) is 96.0 cm³/mol. The summed E-state index contributed by atoms with van der Waals surface area (Å²) in [6, 6.07) is 2.24. The topological polar surface area (TPSA) is 25.8 Å². The highest BCUT2D eigenvalue weighted by Gasteiger charge is 2.04. The lowest BCUT2D eigenvalue weighted by Gasteiger charge is -2.07. The second-order valence-electron chi connectivity index (χ2n) is 6.33. The van der Waals surface area contributed by atoms with Crippen LogP contribution in [0.15, 0.2) is 6.07 Å². The molecule has 0 aliphatic heterocycles. The Balaban J connectivity index is 2.42. The van der Waals surface area contributed by atoms with Crippen molar-refractivity contribution in [1.29, 1.82) is 0 Å². The second kappa shape index (κ2) is 12.6. The van der Waals surface area contributed by atoms with Crippen molar-refractivity contribution in [3.05, 3.63) is 29.7 Å². The van der Waals surface area contributed by atoms with Gasteiger partial charge in [-0.2, -0.15) is 0 Å². The summed E-state index contributed by atoms with van der Waals surface area (Å²) in [6.07, 6.45) is 17.5. The van der Waals surface area contributed by atoms with Crippen molar-refractivity contribution in [3.63, 3.8) is 0 Å². The van der Waals surface area contributed by atoms with Gasteiger partial charge in [-0.25, -0.2) is 9.97 Å². The third kappa shape index (κ3) is 8.51. The Morgan fingerprint density at radius 1 is 0.727 bits per heavy atom. The van der Waals surface area contributed by atoms with Gasteiger partial charge in [0.05, 0.1) is 0 Å². The van der Waals surface area contributed by atoms with Crippen LogP contribution in [0.4, 0.5) is 0 Å². The van der Waals surface area contributed by atoms with Crippen molar-refractivity contribution in [2.75, 3.05) is 0 Å². The molecule has 2 heteroatoms. The van der Waals surface area contributed by atoms with Gasteiger partial charge in [0.1, 0.15) is 5.82 Å². The Morgan fingerprint density at radius 3 is 1.59 bits per heavy atom. The lowest BCUT2D eigenvalue weighted by Crippen LogP contribution is -2.02. The van der Waals surface area contributed by atoms with Crippen molar-refractivity contribution in [2.24, 2.45) is 0 Å². The van der Waals surface area contributed by atoms with Crippen LogP contribution in [-0.2, 0) is 12.8 Å². The molecule has 1 heterocycles. The average molecular weight is 304 g/mol. The molecule has 1 radical (unpaired) electrons. The average Bonchev–Trinajstić information content (AvgIpc) is 2.54. The number of unbranched alkanes of at least 4 members (excludes halogenated alkanes) is 8. The van der Waals surface area contributed by atoms with Crippen LogP contribution in [0.5, 0.6) is 0 Å². The minimum Gasteiger partial charge on any atom is -0.238 e. The van der Waals surface area contributed by atoms with Gasteiger partial charge in [0.2, 0.25) is 0 Å². The molecule has 0 aliphatic carbocycles. The van der Waals surface area contributed by atoms with Crippen LogP contribution in [0.25, 0.3) is 0 Å². The molecule has 0 N–H and O–H groups in total. The van der Waals surface area contributed by atoms with Gasteiger partial charge in [-0.1, -0.05) is 72.1 Å². The molecule has 0 atom stereocenters. The third-order valence-corrected chi connectivity index (χ3v) is 4.18. The zero-order chi connectivity index (χ0) is 16.0. The summed E-state index contributed by atoms with van der Waals surface area (Å²) >= 11 is 0. The minimum absolute atomic E-state index is 0.912. The van der Waals surface area contributed by atoms with Crippen LogP contribution in [0.2, 0.25) is 0 Å². The van der Waals surface area contributed by atoms with Crippen molar-refractivity contribution < 1.29 is 0 Å². The third-order valence-electron chi connectivity index (χ3n) is 4.18. The Kier molecular flexibility index (Phi) is 11.0. The highest BCUT2D eigenvalue weighted by molar-refractivity contribution is 5.15. The van der Waals surface area contributed by atoms with E-state index in [-0.39, 0.29) is 0 Å². The molecule has 0 fully saturated rings. The number of rotatable bonds is 13. The van der Waals surface area contributed by atoms with Crippen LogP contribution in [0, 0.1) is 6.42 Å². The predicted octanol–water partition coefficient (Wildman–Crippen LogP) is 6.07. The number of aryl methyl sites for hydroxylation is 2. The van der Waals surface area contributed by atoms with Gasteiger partial charge in [-0.3, -0.25) is 0 Å². The molecule has 22 heavy (non-hydrogen) atoms. The first-order chi connectivity index (χ1) is 10.8. The monoisotopic (exact) mass is 303 g/mol. The largest absolute Gasteiger partial charge is 0.238 e. The van der Waals surface area contributed by atoms with Gasteiger partial charge in [0.15, 0.2) is 0 Å². The minimum atomic E-state index is 0.912. The summed E-state index contributed by atoms with van der Waals surface area (Å²) < 4.78 is 0. The smallest absolute Gasteiger partial charge is 0.132 e. The van der Waals surface area contributed by atoms with Gasteiger partial charge in [-0.05, 0) is 31.7 Å². The SMILES string of the molecule is C[CH]c1nc(CCCCCCC)cc(CCCCCCC)n1. The van der Waals surface area contributed by atoms with E-state index in [4.69, 9.17) is 0 Å². The fourth-order valence-electron chi connectivity index (χ4n) is 2.78. The summed E-state index contributed by atoms with van der Waals surface area (Å²) in [5, 5.41) is 0. The van der Waals surface area contributed by atoms with E-state index >= 15 is 0 Å². The van der Waals surface area contributed by atoms with Crippen molar-refractivity contribution in [3.8, 4) is 0 Å². The number of hydrogen-bond acceptors (Lipinski definition) is 2. The maximum Gasteiger partial charge on any atom is 0.132 e. The van der Waals surface area contributed by atoms with Crippen LogP contribution in [0.3, 0.4) is 0 Å². The zero-order valence-electron chi connectivity index (χ0n) is 15.0. The van der Waals surface area contributed by atoms with Crippen molar-refractivity contribution >= 4 is 0 Å². The Hall–Kier alpha value is -0.920. The normalized spacial score (nSPS) is 11.0. The molecule has 0 amide bonds. The first-order valence-corrected chi connectivity index (χ1v) is 9.46. The lowest BCUT2D eigenvalue weighted by atomic mass is 10.1. The molecule has 2 nitrogen and oxygen atoms in total. The zero-order valence-corrected chi connectivity index (χ0v) is 15.0. The van der Waals surface area contributed by atoms with Crippen molar-refractivity contribution in [1.82, 2.24) is 9.97 Å². The second-order valence-corrected chi connectivity index (χ2v) is 6.33. The summed E-state index contributed by atoms with van der Waals surface area (Å²) in [5.74, 6) is 0.912. The van der Waals surface area contributed by atoms with E-state index in [1.165, 1.54) is 75.6 Å². The molecule has 1 rings (SSSR count). The molecule has 0 bridgehead atoms. The van der Waals surface area contributed by atoms with Gasteiger partial charge in [0.25, 0.3) is 0 Å². The lowest BCUT2D eigenvalue weighted by molar-refractivity contribution is 0.619. The summed E-state index contributed by atoms with van der Waals surface area (Å²) in [5.41, 5.74) is 2.48. The first kappa shape index (κ1) is 19.1.